The molecule has 0 spiro atoms. The summed E-state index contributed by atoms with van der Waals surface area (Å²) in [6.45, 7) is 4.31. The van der Waals surface area contributed by atoms with E-state index >= 15 is 0 Å². The highest BCUT2D eigenvalue weighted by Gasteiger charge is 2.24. The fraction of sp³-hybridized carbons (Fsp3) is 0.429. The Kier molecular flexibility index (Phi) is 6.52. The van der Waals surface area contributed by atoms with E-state index in [2.05, 4.69) is 21.8 Å². The number of nitrogens with zero attached hydrogens (tertiary/aromatic N) is 1. The largest absolute Gasteiger partial charge is 0.496 e. The van der Waals surface area contributed by atoms with E-state index in [4.69, 9.17) is 4.74 Å². The second kappa shape index (κ2) is 8.87. The molecular formula is C21H28N2O3S. The average molecular weight is 389 g/mol. The number of hydrogen-bond donors (Lipinski definition) is 1. The van der Waals surface area contributed by atoms with E-state index in [-0.39, 0.29) is 10.9 Å². The van der Waals surface area contributed by atoms with Crippen molar-refractivity contribution in [2.45, 2.75) is 37.1 Å². The van der Waals surface area contributed by atoms with Gasteiger partial charge in [0, 0.05) is 12.6 Å². The third-order valence-electron chi connectivity index (χ3n) is 5.16. The second-order valence-electron chi connectivity index (χ2n) is 7.07. The van der Waals surface area contributed by atoms with Crippen LogP contribution in [-0.2, 0) is 16.4 Å². The summed E-state index contributed by atoms with van der Waals surface area (Å²) < 4.78 is 33.6. The van der Waals surface area contributed by atoms with Gasteiger partial charge in [0.1, 0.15) is 5.75 Å². The molecule has 0 radical (unpaired) electrons. The highest BCUT2D eigenvalue weighted by atomic mass is 32.2. The van der Waals surface area contributed by atoms with E-state index in [9.17, 15) is 8.42 Å². The third-order valence-corrected chi connectivity index (χ3v) is 6.58. The Morgan fingerprint density at radius 2 is 1.81 bits per heavy atom. The van der Waals surface area contributed by atoms with Gasteiger partial charge in [0.05, 0.1) is 12.0 Å². The SMILES string of the molecule is COc1ccc(S(=O)(=O)NCC(Cc2ccccc2)N2CCCC2)cc1C. The van der Waals surface area contributed by atoms with Gasteiger partial charge in [-0.2, -0.15) is 0 Å². The Hall–Kier alpha value is -1.89. The van der Waals surface area contributed by atoms with Gasteiger partial charge in [0.25, 0.3) is 0 Å². The van der Waals surface area contributed by atoms with Gasteiger partial charge in [-0.3, -0.25) is 4.90 Å². The van der Waals surface area contributed by atoms with Crippen molar-refractivity contribution in [1.82, 2.24) is 9.62 Å². The first kappa shape index (κ1) is 19.9. The topological polar surface area (TPSA) is 58.6 Å². The van der Waals surface area contributed by atoms with Crippen molar-refractivity contribution in [2.75, 3.05) is 26.7 Å². The molecule has 1 heterocycles. The molecule has 3 rings (SSSR count). The fourth-order valence-electron chi connectivity index (χ4n) is 3.63. The number of aryl methyl sites for hydroxylation is 1. The van der Waals surface area contributed by atoms with Crippen molar-refractivity contribution in [3.63, 3.8) is 0 Å². The Bertz CT molecular complexity index is 847. The van der Waals surface area contributed by atoms with Crippen molar-refractivity contribution in [1.29, 1.82) is 0 Å². The highest BCUT2D eigenvalue weighted by molar-refractivity contribution is 7.89. The number of benzene rings is 2. The molecule has 1 fully saturated rings. The van der Waals surface area contributed by atoms with Gasteiger partial charge in [-0.05, 0) is 68.6 Å². The lowest BCUT2D eigenvalue weighted by atomic mass is 10.1. The minimum atomic E-state index is -3.56. The van der Waals surface area contributed by atoms with Crippen LogP contribution in [0.5, 0.6) is 5.75 Å². The number of methoxy groups -OCH3 is 1. The lowest BCUT2D eigenvalue weighted by molar-refractivity contribution is 0.241. The van der Waals surface area contributed by atoms with Crippen LogP contribution in [0.15, 0.2) is 53.4 Å². The number of nitrogens with one attached hydrogen (secondary N) is 1. The molecule has 1 atom stereocenters. The minimum Gasteiger partial charge on any atom is -0.496 e. The van der Waals surface area contributed by atoms with E-state index in [1.807, 2.05) is 25.1 Å². The molecule has 0 amide bonds. The summed E-state index contributed by atoms with van der Waals surface area (Å²) in [6, 6.07) is 15.4. The molecule has 1 saturated heterocycles. The zero-order valence-corrected chi connectivity index (χ0v) is 16.8. The summed E-state index contributed by atoms with van der Waals surface area (Å²) in [7, 11) is -1.97. The summed E-state index contributed by atoms with van der Waals surface area (Å²) in [5.41, 5.74) is 2.04. The first-order chi connectivity index (χ1) is 13.0. The fourth-order valence-corrected chi connectivity index (χ4v) is 4.79. The molecular weight excluding hydrogens is 360 g/mol. The van der Waals surface area contributed by atoms with E-state index in [0.29, 0.717) is 12.3 Å². The Morgan fingerprint density at radius 3 is 2.44 bits per heavy atom. The molecule has 5 nitrogen and oxygen atoms in total. The molecule has 1 N–H and O–H groups in total. The van der Waals surface area contributed by atoms with Crippen LogP contribution in [0.25, 0.3) is 0 Å². The highest BCUT2D eigenvalue weighted by Crippen LogP contribution is 2.22. The quantitative estimate of drug-likeness (QED) is 0.755. The molecule has 2 aromatic carbocycles. The van der Waals surface area contributed by atoms with E-state index in [1.165, 1.54) is 18.4 Å². The maximum atomic E-state index is 12.8. The molecule has 27 heavy (non-hydrogen) atoms. The first-order valence-electron chi connectivity index (χ1n) is 9.42. The number of likely N-dealkylation sites (tertiary alicyclic amines) is 1. The van der Waals surface area contributed by atoms with Gasteiger partial charge in [0.15, 0.2) is 0 Å². The van der Waals surface area contributed by atoms with Crippen molar-refractivity contribution in [3.8, 4) is 5.75 Å². The van der Waals surface area contributed by atoms with Crippen LogP contribution in [-0.4, -0.2) is 46.1 Å². The van der Waals surface area contributed by atoms with Gasteiger partial charge < -0.3 is 4.74 Å². The average Bonchev–Trinajstić information content (AvgIpc) is 3.20. The van der Waals surface area contributed by atoms with Gasteiger partial charge in [0.2, 0.25) is 10.0 Å². The van der Waals surface area contributed by atoms with Crippen LogP contribution in [0.1, 0.15) is 24.0 Å². The number of ether oxygens (including phenoxy) is 1. The normalized spacial score (nSPS) is 16.4. The summed E-state index contributed by atoms with van der Waals surface area (Å²) in [5, 5.41) is 0. The molecule has 0 bridgehead atoms. The molecule has 6 heteroatoms. The smallest absolute Gasteiger partial charge is 0.240 e. The molecule has 1 aliphatic heterocycles. The maximum Gasteiger partial charge on any atom is 0.240 e. The maximum absolute atomic E-state index is 12.8. The lowest BCUT2D eigenvalue weighted by Crippen LogP contribution is -2.43. The van der Waals surface area contributed by atoms with E-state index in [0.717, 1.165) is 25.1 Å². The van der Waals surface area contributed by atoms with Gasteiger partial charge in [-0.1, -0.05) is 30.3 Å². The monoisotopic (exact) mass is 388 g/mol. The van der Waals surface area contributed by atoms with Gasteiger partial charge in [-0.15, -0.1) is 0 Å². The molecule has 2 aromatic rings. The van der Waals surface area contributed by atoms with Crippen LogP contribution in [0, 0.1) is 6.92 Å². The van der Waals surface area contributed by atoms with Crippen LogP contribution < -0.4 is 9.46 Å². The Morgan fingerprint density at radius 1 is 1.11 bits per heavy atom. The van der Waals surface area contributed by atoms with Crippen molar-refractivity contribution in [3.05, 3.63) is 59.7 Å². The summed E-state index contributed by atoms with van der Waals surface area (Å²) in [4.78, 5) is 2.68. The van der Waals surface area contributed by atoms with Crippen molar-refractivity contribution in [2.24, 2.45) is 0 Å². The molecule has 0 aromatic heterocycles. The molecule has 1 unspecified atom stereocenters. The Balaban J connectivity index is 1.72. The lowest BCUT2D eigenvalue weighted by Gasteiger charge is -2.28. The summed E-state index contributed by atoms with van der Waals surface area (Å²) in [6.07, 6.45) is 3.19. The number of hydrogen-bond acceptors (Lipinski definition) is 4. The molecule has 146 valence electrons. The zero-order valence-electron chi connectivity index (χ0n) is 16.0. The molecule has 0 aliphatic carbocycles. The van der Waals surface area contributed by atoms with Gasteiger partial charge >= 0.3 is 0 Å². The number of sulfonamides is 1. The summed E-state index contributed by atoms with van der Waals surface area (Å²) in [5.74, 6) is 0.688. The van der Waals surface area contributed by atoms with Crippen molar-refractivity contribution < 1.29 is 13.2 Å². The predicted octanol–water partition coefficient (Wildman–Crippen LogP) is 2.99. The molecule has 0 saturated carbocycles. The van der Waals surface area contributed by atoms with E-state index < -0.39 is 10.0 Å². The zero-order chi connectivity index (χ0) is 19.3. The van der Waals surface area contributed by atoms with Crippen LogP contribution in [0.2, 0.25) is 0 Å². The van der Waals surface area contributed by atoms with E-state index in [1.54, 1.807) is 25.3 Å². The molecule has 1 aliphatic rings. The predicted molar refractivity (Wildman–Crippen MR) is 108 cm³/mol. The van der Waals surface area contributed by atoms with Gasteiger partial charge in [-0.25, -0.2) is 13.1 Å². The first-order valence-corrected chi connectivity index (χ1v) is 10.9. The van der Waals surface area contributed by atoms with Crippen LogP contribution in [0.4, 0.5) is 0 Å². The van der Waals surface area contributed by atoms with Crippen molar-refractivity contribution >= 4 is 10.0 Å². The second-order valence-corrected chi connectivity index (χ2v) is 8.84. The standard InChI is InChI=1S/C21H28N2O3S/c1-17-14-20(10-11-21(17)26-2)27(24,25)22-16-19(23-12-6-7-13-23)15-18-8-4-3-5-9-18/h3-5,8-11,14,19,22H,6-7,12-13,15-16H2,1-2H3. The van der Waals surface area contributed by atoms with Crippen LogP contribution in [0.3, 0.4) is 0 Å². The van der Waals surface area contributed by atoms with Crippen LogP contribution >= 0.6 is 0 Å². The Labute approximate surface area is 162 Å². The third kappa shape index (κ3) is 5.09. The number of rotatable bonds is 8. The summed E-state index contributed by atoms with van der Waals surface area (Å²) >= 11 is 0. The minimum absolute atomic E-state index is 0.157.